The van der Waals surface area contributed by atoms with Crippen LogP contribution in [0.3, 0.4) is 0 Å². The Labute approximate surface area is 188 Å². The standard InChI is InChI=1S/C24H29N7O/c1-29(2)12-13-31-15-20(17-6-4-3-5-7-17)27-23(31)18-8-10-30(11-9-18)24-19-14-21(32)28-22(19)25-16-26-24/h3-7,15-16,18H,8-14H2,1-2H3,(H,25,26,28,32). The predicted molar refractivity (Wildman–Crippen MR) is 125 cm³/mol. The number of piperidine rings is 1. The van der Waals surface area contributed by atoms with Gasteiger partial charge in [-0.25, -0.2) is 15.0 Å². The summed E-state index contributed by atoms with van der Waals surface area (Å²) in [4.78, 5) is 30.2. The van der Waals surface area contributed by atoms with Gasteiger partial charge in [-0.2, -0.15) is 0 Å². The molecule has 1 saturated heterocycles. The molecule has 0 saturated carbocycles. The van der Waals surface area contributed by atoms with E-state index < -0.39 is 0 Å². The van der Waals surface area contributed by atoms with Gasteiger partial charge < -0.3 is 19.7 Å². The van der Waals surface area contributed by atoms with Crippen LogP contribution in [0.1, 0.15) is 30.1 Å². The van der Waals surface area contributed by atoms with Gasteiger partial charge in [0.1, 0.15) is 23.8 Å². The molecule has 0 aliphatic carbocycles. The van der Waals surface area contributed by atoms with Crippen molar-refractivity contribution in [2.75, 3.05) is 43.9 Å². The number of imidazole rings is 1. The molecular weight excluding hydrogens is 402 g/mol. The van der Waals surface area contributed by atoms with Crippen LogP contribution in [-0.2, 0) is 17.8 Å². The lowest BCUT2D eigenvalue weighted by molar-refractivity contribution is -0.115. The van der Waals surface area contributed by atoms with Crippen LogP contribution in [0.5, 0.6) is 0 Å². The highest BCUT2D eigenvalue weighted by Crippen LogP contribution is 2.34. The summed E-state index contributed by atoms with van der Waals surface area (Å²) in [6.45, 7) is 3.69. The second-order valence-electron chi connectivity index (χ2n) is 8.86. The molecule has 0 atom stereocenters. The number of carbonyl (C=O) groups is 1. The highest BCUT2D eigenvalue weighted by molar-refractivity contribution is 5.99. The van der Waals surface area contributed by atoms with E-state index in [9.17, 15) is 4.79 Å². The Kier molecular flexibility index (Phi) is 5.61. The second-order valence-corrected chi connectivity index (χ2v) is 8.86. The number of aromatic nitrogens is 4. The van der Waals surface area contributed by atoms with Gasteiger partial charge in [-0.05, 0) is 26.9 Å². The molecule has 8 heteroatoms. The zero-order chi connectivity index (χ0) is 22.1. The lowest BCUT2D eigenvalue weighted by Gasteiger charge is -2.33. The highest BCUT2D eigenvalue weighted by Gasteiger charge is 2.30. The number of hydrogen-bond acceptors (Lipinski definition) is 6. The van der Waals surface area contributed by atoms with Gasteiger partial charge in [-0.1, -0.05) is 30.3 Å². The molecule has 0 radical (unpaired) electrons. The topological polar surface area (TPSA) is 79.2 Å². The Morgan fingerprint density at radius 2 is 1.91 bits per heavy atom. The van der Waals surface area contributed by atoms with E-state index in [0.29, 0.717) is 18.2 Å². The molecule has 1 fully saturated rings. The summed E-state index contributed by atoms with van der Waals surface area (Å²) >= 11 is 0. The number of anilines is 2. The molecule has 5 rings (SSSR count). The van der Waals surface area contributed by atoms with Crippen LogP contribution >= 0.6 is 0 Å². The molecule has 1 N–H and O–H groups in total. The molecule has 1 amide bonds. The number of nitrogens with one attached hydrogen (secondary N) is 1. The molecular formula is C24H29N7O. The normalized spacial score (nSPS) is 16.5. The van der Waals surface area contributed by atoms with Gasteiger partial charge in [0, 0.05) is 49.4 Å². The second kappa shape index (κ2) is 8.70. The fourth-order valence-corrected chi connectivity index (χ4v) is 4.62. The maximum absolute atomic E-state index is 11.8. The molecule has 32 heavy (non-hydrogen) atoms. The lowest BCUT2D eigenvalue weighted by atomic mass is 9.95. The SMILES string of the molecule is CN(C)CCn1cc(-c2ccccc2)nc1C1CCN(c2ncnc3c2CC(=O)N3)CC1. The number of fused-ring (bicyclic) bond motifs is 1. The number of rotatable bonds is 6. The molecule has 0 unspecified atom stereocenters. The molecule has 8 nitrogen and oxygen atoms in total. The first kappa shape index (κ1) is 20.6. The van der Waals surface area contributed by atoms with Crippen molar-refractivity contribution < 1.29 is 4.79 Å². The zero-order valence-corrected chi connectivity index (χ0v) is 18.7. The zero-order valence-electron chi connectivity index (χ0n) is 18.7. The summed E-state index contributed by atoms with van der Waals surface area (Å²) < 4.78 is 2.34. The first-order chi connectivity index (χ1) is 15.6. The van der Waals surface area contributed by atoms with Crippen molar-refractivity contribution in [3.63, 3.8) is 0 Å². The molecule has 2 aliphatic rings. The van der Waals surface area contributed by atoms with Gasteiger partial charge in [0.2, 0.25) is 5.91 Å². The summed E-state index contributed by atoms with van der Waals surface area (Å²) in [6, 6.07) is 10.4. The number of amides is 1. The first-order valence-electron chi connectivity index (χ1n) is 11.2. The van der Waals surface area contributed by atoms with E-state index in [1.165, 1.54) is 5.82 Å². The Bertz CT molecular complexity index is 1100. The minimum absolute atomic E-state index is 0.00648. The van der Waals surface area contributed by atoms with E-state index in [1.807, 2.05) is 6.07 Å². The average molecular weight is 432 g/mol. The van der Waals surface area contributed by atoms with Gasteiger partial charge in [0.05, 0.1) is 12.1 Å². The van der Waals surface area contributed by atoms with Crippen molar-refractivity contribution >= 4 is 17.5 Å². The fraction of sp³-hybridized carbons (Fsp3) is 0.417. The smallest absolute Gasteiger partial charge is 0.230 e. The third-order valence-electron chi connectivity index (χ3n) is 6.34. The number of hydrogen-bond donors (Lipinski definition) is 1. The summed E-state index contributed by atoms with van der Waals surface area (Å²) in [7, 11) is 4.21. The third-order valence-corrected chi connectivity index (χ3v) is 6.34. The van der Waals surface area contributed by atoms with E-state index in [1.54, 1.807) is 6.33 Å². The van der Waals surface area contributed by atoms with Gasteiger partial charge >= 0.3 is 0 Å². The largest absolute Gasteiger partial charge is 0.356 e. The number of benzene rings is 1. The van der Waals surface area contributed by atoms with Crippen LogP contribution in [0, 0.1) is 0 Å². The quantitative estimate of drug-likeness (QED) is 0.647. The predicted octanol–water partition coefficient (Wildman–Crippen LogP) is 2.78. The molecule has 0 bridgehead atoms. The summed E-state index contributed by atoms with van der Waals surface area (Å²) in [5.74, 6) is 3.13. The van der Waals surface area contributed by atoms with Crippen LogP contribution in [0.25, 0.3) is 11.3 Å². The molecule has 4 heterocycles. The molecule has 2 aromatic heterocycles. The summed E-state index contributed by atoms with van der Waals surface area (Å²) in [5, 5.41) is 2.83. The first-order valence-corrected chi connectivity index (χ1v) is 11.2. The number of likely N-dealkylation sites (N-methyl/N-ethyl adjacent to an activating group) is 1. The molecule has 3 aromatic rings. The van der Waals surface area contributed by atoms with Crippen molar-refractivity contribution in [2.45, 2.75) is 31.7 Å². The lowest BCUT2D eigenvalue weighted by Crippen LogP contribution is -2.35. The van der Waals surface area contributed by atoms with E-state index in [4.69, 9.17) is 4.98 Å². The molecule has 1 aromatic carbocycles. The van der Waals surface area contributed by atoms with Crippen molar-refractivity contribution in [1.29, 1.82) is 0 Å². The van der Waals surface area contributed by atoms with Gasteiger partial charge in [-0.3, -0.25) is 4.79 Å². The van der Waals surface area contributed by atoms with Crippen LogP contribution < -0.4 is 10.2 Å². The van der Waals surface area contributed by atoms with Crippen molar-refractivity contribution in [2.24, 2.45) is 0 Å². The van der Waals surface area contributed by atoms with Gasteiger partial charge in [0.15, 0.2) is 0 Å². The van der Waals surface area contributed by atoms with Crippen molar-refractivity contribution in [3.05, 3.63) is 54.2 Å². The van der Waals surface area contributed by atoms with Crippen LogP contribution in [0.4, 0.5) is 11.6 Å². The Balaban J connectivity index is 1.35. The van der Waals surface area contributed by atoms with Gasteiger partial charge in [-0.15, -0.1) is 0 Å². The van der Waals surface area contributed by atoms with E-state index in [0.717, 1.165) is 61.7 Å². The van der Waals surface area contributed by atoms with Gasteiger partial charge in [0.25, 0.3) is 0 Å². The van der Waals surface area contributed by atoms with Crippen LogP contribution in [0.15, 0.2) is 42.9 Å². The van der Waals surface area contributed by atoms with Crippen LogP contribution in [-0.4, -0.2) is 64.1 Å². The summed E-state index contributed by atoms with van der Waals surface area (Å²) in [6.07, 6.45) is 6.13. The highest BCUT2D eigenvalue weighted by atomic mass is 16.1. The molecule has 166 valence electrons. The number of nitrogens with zero attached hydrogens (tertiary/aromatic N) is 6. The Morgan fingerprint density at radius 1 is 1.12 bits per heavy atom. The Morgan fingerprint density at radius 3 is 2.66 bits per heavy atom. The monoisotopic (exact) mass is 431 g/mol. The van der Waals surface area contributed by atoms with E-state index >= 15 is 0 Å². The van der Waals surface area contributed by atoms with E-state index in [2.05, 4.69) is 74.2 Å². The Hall–Kier alpha value is -3.26. The third kappa shape index (κ3) is 4.10. The minimum Gasteiger partial charge on any atom is -0.356 e. The number of carbonyl (C=O) groups excluding carboxylic acids is 1. The van der Waals surface area contributed by atoms with Crippen molar-refractivity contribution in [1.82, 2.24) is 24.4 Å². The maximum atomic E-state index is 11.8. The molecule has 2 aliphatic heterocycles. The maximum Gasteiger partial charge on any atom is 0.230 e. The average Bonchev–Trinajstić information content (AvgIpc) is 3.41. The van der Waals surface area contributed by atoms with E-state index in [-0.39, 0.29) is 5.91 Å². The van der Waals surface area contributed by atoms with Crippen molar-refractivity contribution in [3.8, 4) is 11.3 Å². The fourth-order valence-electron chi connectivity index (χ4n) is 4.62. The summed E-state index contributed by atoms with van der Waals surface area (Å²) in [5.41, 5.74) is 3.12. The minimum atomic E-state index is -0.00648. The van der Waals surface area contributed by atoms with Crippen LogP contribution in [0.2, 0.25) is 0 Å². The molecule has 0 spiro atoms.